The van der Waals surface area contributed by atoms with Gasteiger partial charge in [-0.1, -0.05) is 65.8 Å². The van der Waals surface area contributed by atoms with Crippen LogP contribution in [0, 0.1) is 0 Å². The molecule has 84 heavy (non-hydrogen) atoms. The fourth-order valence-electron chi connectivity index (χ4n) is 7.79. The number of benzene rings is 2. The van der Waals surface area contributed by atoms with Gasteiger partial charge >= 0.3 is 40.6 Å². The molecule has 2 atom stereocenters. The molecule has 0 spiro atoms. The van der Waals surface area contributed by atoms with Crippen molar-refractivity contribution >= 4 is 80.6 Å². The molecule has 28 nitrogen and oxygen atoms in total. The van der Waals surface area contributed by atoms with Crippen molar-refractivity contribution in [1.82, 2.24) is 44.7 Å². The maximum atomic E-state index is 14.5. The number of thiazole rings is 1. The fraction of sp³-hybridized carbons (Fsp3) is 0.519. The van der Waals surface area contributed by atoms with Gasteiger partial charge in [-0.2, -0.15) is 23.4 Å². The third kappa shape index (κ3) is 18.9. The first kappa shape index (κ1) is 64.9. The smallest absolute Gasteiger partial charge is 0.437 e. The molecule has 4 aromatic rings. The summed E-state index contributed by atoms with van der Waals surface area (Å²) in [6, 6.07) is 14.7. The first-order valence-corrected chi connectivity index (χ1v) is 28.8. The summed E-state index contributed by atoms with van der Waals surface area (Å²) in [4.78, 5) is 112. The van der Waals surface area contributed by atoms with E-state index in [4.69, 9.17) is 28.5 Å². The third-order valence-electron chi connectivity index (χ3n) is 11.4. The molecular weight excluding hydrogens is 1140 g/mol. The monoisotopic (exact) mass is 1210 g/mol. The maximum absolute atomic E-state index is 14.5. The molecule has 6 amide bonds. The number of carbonyl (C=O) groups excluding carboxylic acids is 7. The van der Waals surface area contributed by atoms with Crippen molar-refractivity contribution in [1.29, 1.82) is 0 Å². The second-order valence-corrected chi connectivity index (χ2v) is 25.6. The highest BCUT2D eigenvalue weighted by atomic mass is 32.2. The second-order valence-electron chi connectivity index (χ2n) is 23.5. The number of guanidine groups is 1. The number of oxime groups is 1. The fourth-order valence-corrected chi connectivity index (χ4v) is 9.34. The third-order valence-corrected chi connectivity index (χ3v) is 13.1. The van der Waals surface area contributed by atoms with E-state index in [2.05, 4.69) is 41.3 Å². The SMILES string of the molecule is CN(Cc1cnn(C[C@@H]2[C@H](NC(=O)/C(=N\OC3(C(=O)OC(c4ccccc4)c4ccccc4)CC3)c3csc(NC(=O)OC(C)(C)C)n3)C(=O)N2S(=O)(=O)O)n1)/C(=N/C(=O)OC(C)(C)C)N(CCCNC(=O)OC(C)(C)C)C(=O)OC(C)(C)C. The highest BCUT2D eigenvalue weighted by Crippen LogP contribution is 2.43. The van der Waals surface area contributed by atoms with Gasteiger partial charge in [0.2, 0.25) is 11.6 Å². The van der Waals surface area contributed by atoms with Crippen LogP contribution in [0.4, 0.5) is 24.3 Å². The number of amides is 6. The van der Waals surface area contributed by atoms with E-state index in [0.29, 0.717) is 11.1 Å². The molecule has 1 aliphatic carbocycles. The molecule has 3 heterocycles. The molecule has 30 heteroatoms. The highest BCUT2D eigenvalue weighted by Gasteiger charge is 2.57. The molecule has 2 aromatic carbocycles. The van der Waals surface area contributed by atoms with E-state index >= 15 is 0 Å². The average molecular weight is 1210 g/mol. The summed E-state index contributed by atoms with van der Waals surface area (Å²) in [5.41, 5.74) is -4.73. The van der Waals surface area contributed by atoms with Crippen molar-refractivity contribution in [3.05, 3.63) is 94.8 Å². The molecule has 1 saturated carbocycles. The van der Waals surface area contributed by atoms with Crippen molar-refractivity contribution in [2.75, 3.05) is 25.5 Å². The molecule has 4 N–H and O–H groups in total. The van der Waals surface area contributed by atoms with Crippen LogP contribution in [0.3, 0.4) is 0 Å². The van der Waals surface area contributed by atoms with Gasteiger partial charge in [0.05, 0.1) is 19.3 Å². The summed E-state index contributed by atoms with van der Waals surface area (Å²) in [7, 11) is -3.81. The van der Waals surface area contributed by atoms with Crippen molar-refractivity contribution in [2.24, 2.45) is 10.1 Å². The Kier molecular flexibility index (Phi) is 20.2. The lowest BCUT2D eigenvalue weighted by atomic mass is 9.98. The van der Waals surface area contributed by atoms with Crippen molar-refractivity contribution < 1.29 is 75.1 Å². The minimum atomic E-state index is -5.28. The van der Waals surface area contributed by atoms with Crippen LogP contribution in [0.5, 0.6) is 0 Å². The number of alkyl carbamates (subject to hydrolysis) is 1. The summed E-state index contributed by atoms with van der Waals surface area (Å²) in [5.74, 6) is -3.50. The first-order chi connectivity index (χ1) is 39.0. The largest absolute Gasteiger partial charge is 0.450 e. The van der Waals surface area contributed by atoms with Crippen molar-refractivity contribution in [3.8, 4) is 0 Å². The number of β-lactam (4-membered cyclic amide) rings is 1. The number of aliphatic imine (C=N–C) groups is 1. The number of ether oxygens (including phenoxy) is 5. The Morgan fingerprint density at radius 3 is 1.95 bits per heavy atom. The van der Waals surface area contributed by atoms with E-state index in [9.17, 15) is 46.5 Å². The normalized spacial score (nSPS) is 16.4. The molecule has 2 fully saturated rings. The van der Waals surface area contributed by atoms with E-state index in [1.54, 1.807) is 132 Å². The van der Waals surface area contributed by atoms with Gasteiger partial charge < -0.3 is 44.1 Å². The van der Waals surface area contributed by atoms with Gasteiger partial charge in [-0.15, -0.1) is 16.3 Å². The summed E-state index contributed by atoms with van der Waals surface area (Å²) in [6.07, 6.45) is -2.79. The Bertz CT molecular complexity index is 3170. The topological polar surface area (TPSA) is 343 Å². The lowest BCUT2D eigenvalue weighted by Crippen LogP contribution is -2.73. The molecular formula is C54H72N12O16S2. The molecule has 2 aromatic heterocycles. The standard InChI is InChI=1S/C54H72N12O16S2/c1-50(2,3)78-46(70)55-27-20-28-64(49(73)81-53(10,11)12)45(60-48(72)80-52(7,8)9)63(13)30-35-29-56-65(61-35)31-37-39(42(68)66(37)84(74,75)76)58-41(67)38(36-32-83-44(57-36)59-47(71)79-51(4,5)6)62-82-54(25-26-54)43(69)77-40(33-21-16-14-17-22-33)34-23-18-15-19-24-34/h14-19,21-24,29,32,37,39-40H,20,25-28,30-31H2,1-13H3,(H,55,70)(H,58,67)(H,57,59,71)(H,74,75,76)/b60-45-,62-38-/t37-,39+/m1/s1. The number of rotatable bonds is 19. The predicted octanol–water partition coefficient (Wildman–Crippen LogP) is 6.74. The summed E-state index contributed by atoms with van der Waals surface area (Å²) >= 11 is 0.862. The van der Waals surface area contributed by atoms with Gasteiger partial charge in [0, 0.05) is 38.4 Å². The Morgan fingerprint density at radius 2 is 1.40 bits per heavy atom. The lowest BCUT2D eigenvalue weighted by molar-refractivity contribution is -0.164. The van der Waals surface area contributed by atoms with E-state index in [1.807, 2.05) is 12.1 Å². The van der Waals surface area contributed by atoms with Crippen molar-refractivity contribution in [2.45, 2.75) is 162 Å². The molecule has 0 radical (unpaired) electrons. The lowest BCUT2D eigenvalue weighted by Gasteiger charge is -2.43. The number of nitrogens with zero attached hydrogens (tertiary/aromatic N) is 9. The van der Waals surface area contributed by atoms with Crippen LogP contribution in [0.25, 0.3) is 0 Å². The summed E-state index contributed by atoms with van der Waals surface area (Å²) < 4.78 is 63.8. The number of carbonyl (C=O) groups is 7. The van der Waals surface area contributed by atoms with Gasteiger partial charge in [-0.3, -0.25) is 19.5 Å². The highest BCUT2D eigenvalue weighted by molar-refractivity contribution is 7.84. The first-order valence-electron chi connectivity index (χ1n) is 26.5. The van der Waals surface area contributed by atoms with Crippen LogP contribution in [0.15, 0.2) is 82.4 Å². The average Bonchev–Trinajstić information content (AvgIpc) is 3.10. The zero-order chi connectivity index (χ0) is 62.2. The van der Waals surface area contributed by atoms with Gasteiger partial charge in [-0.05, 0) is 101 Å². The van der Waals surface area contributed by atoms with Crippen LogP contribution in [0.1, 0.15) is 131 Å². The summed E-state index contributed by atoms with van der Waals surface area (Å²) in [6.45, 7) is 18.9. The van der Waals surface area contributed by atoms with Gasteiger partial charge in [-0.25, -0.2) is 38.2 Å². The molecule has 2 aliphatic rings. The number of anilines is 1. The minimum absolute atomic E-state index is 0.0291. The van der Waals surface area contributed by atoms with Crippen molar-refractivity contribution in [3.63, 3.8) is 0 Å². The zero-order valence-corrected chi connectivity index (χ0v) is 50.7. The second kappa shape index (κ2) is 26.1. The van der Waals surface area contributed by atoms with Crippen LogP contribution in [0.2, 0.25) is 0 Å². The van der Waals surface area contributed by atoms with Crippen LogP contribution in [-0.4, -0.2) is 161 Å². The number of hydrogen-bond donors (Lipinski definition) is 4. The Balaban J connectivity index is 1.26. The molecule has 456 valence electrons. The number of esters is 1. The number of nitrogens with one attached hydrogen (secondary N) is 3. The zero-order valence-electron chi connectivity index (χ0n) is 49.0. The minimum Gasteiger partial charge on any atom is -0.450 e. The van der Waals surface area contributed by atoms with E-state index in [0.717, 1.165) is 21.0 Å². The Labute approximate surface area is 490 Å². The van der Waals surface area contributed by atoms with Crippen LogP contribution in [-0.2, 0) is 66.3 Å². The number of aromatic nitrogens is 4. The molecule has 0 bridgehead atoms. The molecule has 6 rings (SSSR count). The predicted molar refractivity (Wildman–Crippen MR) is 303 cm³/mol. The van der Waals surface area contributed by atoms with Gasteiger partial charge in [0.25, 0.3) is 11.8 Å². The molecule has 0 unspecified atom stereocenters. The van der Waals surface area contributed by atoms with Crippen LogP contribution >= 0.6 is 11.3 Å². The molecule has 1 saturated heterocycles. The van der Waals surface area contributed by atoms with E-state index < -0.39 is 111 Å². The van der Waals surface area contributed by atoms with E-state index in [-0.39, 0.29) is 65.7 Å². The summed E-state index contributed by atoms with van der Waals surface area (Å²) in [5, 5.41) is 21.6. The van der Waals surface area contributed by atoms with Gasteiger partial charge in [0.15, 0.2) is 16.9 Å². The molecule has 1 aliphatic heterocycles. The maximum Gasteiger partial charge on any atom is 0.437 e. The number of hydrogen-bond acceptors (Lipinski definition) is 20. The van der Waals surface area contributed by atoms with Gasteiger partial charge in [0.1, 0.15) is 45.9 Å². The van der Waals surface area contributed by atoms with Crippen LogP contribution < -0.4 is 16.0 Å². The van der Waals surface area contributed by atoms with E-state index in [1.165, 1.54) is 23.5 Å². The Hall–Kier alpha value is -8.25. The Morgan fingerprint density at radius 1 is 0.833 bits per heavy atom. The quantitative estimate of drug-likeness (QED) is 0.0110.